The van der Waals surface area contributed by atoms with Gasteiger partial charge in [0.1, 0.15) is 12.1 Å². The first-order valence-electron chi connectivity index (χ1n) is 10.7. The monoisotopic (exact) mass is 396 g/mol. The average molecular weight is 397 g/mol. The highest BCUT2D eigenvalue weighted by atomic mass is 16.3. The quantitative estimate of drug-likeness (QED) is 0.818. The number of aliphatic hydroxyl groups excluding tert-OH is 1. The van der Waals surface area contributed by atoms with E-state index in [-0.39, 0.29) is 17.6 Å². The molecular weight excluding hydrogens is 364 g/mol. The number of rotatable bonds is 4. The van der Waals surface area contributed by atoms with Crippen molar-refractivity contribution in [1.29, 1.82) is 0 Å². The molecule has 7 nitrogen and oxygen atoms in total. The molecular formula is C22H32N6O. The minimum Gasteiger partial charge on any atom is -0.393 e. The lowest BCUT2D eigenvalue weighted by atomic mass is 9.74. The third kappa shape index (κ3) is 4.34. The van der Waals surface area contributed by atoms with Gasteiger partial charge in [-0.05, 0) is 37.0 Å². The van der Waals surface area contributed by atoms with E-state index in [1.165, 1.54) is 5.56 Å². The minimum absolute atomic E-state index is 0.123. The van der Waals surface area contributed by atoms with E-state index >= 15 is 0 Å². The van der Waals surface area contributed by atoms with E-state index in [0.29, 0.717) is 5.92 Å². The Morgan fingerprint density at radius 1 is 1.17 bits per heavy atom. The second-order valence-corrected chi connectivity index (χ2v) is 9.51. The van der Waals surface area contributed by atoms with Crippen LogP contribution in [-0.2, 0) is 6.42 Å². The maximum absolute atomic E-state index is 9.78. The molecule has 156 valence electrons. The van der Waals surface area contributed by atoms with Crippen molar-refractivity contribution in [3.8, 4) is 0 Å². The van der Waals surface area contributed by atoms with Crippen LogP contribution < -0.4 is 10.2 Å². The third-order valence-corrected chi connectivity index (χ3v) is 6.09. The van der Waals surface area contributed by atoms with Crippen LogP contribution in [0.2, 0.25) is 0 Å². The lowest BCUT2D eigenvalue weighted by molar-refractivity contribution is 0.145. The fourth-order valence-corrected chi connectivity index (χ4v) is 4.43. The van der Waals surface area contributed by atoms with E-state index < -0.39 is 0 Å². The van der Waals surface area contributed by atoms with Crippen LogP contribution in [0.3, 0.4) is 0 Å². The smallest absolute Gasteiger partial charge is 0.225 e. The van der Waals surface area contributed by atoms with Gasteiger partial charge in [-0.3, -0.25) is 0 Å². The molecule has 3 heterocycles. The molecule has 1 saturated heterocycles. The van der Waals surface area contributed by atoms with Gasteiger partial charge in [-0.15, -0.1) is 0 Å². The molecule has 1 aliphatic carbocycles. The Hall–Kier alpha value is -2.28. The molecule has 0 spiro atoms. The zero-order chi connectivity index (χ0) is 20.6. The van der Waals surface area contributed by atoms with Gasteiger partial charge >= 0.3 is 0 Å². The van der Waals surface area contributed by atoms with E-state index in [0.717, 1.165) is 61.8 Å². The highest BCUT2D eigenvalue weighted by molar-refractivity contribution is 5.48. The van der Waals surface area contributed by atoms with Crippen LogP contribution in [0.4, 0.5) is 11.8 Å². The highest BCUT2D eigenvalue weighted by Crippen LogP contribution is 2.42. The Morgan fingerprint density at radius 2 is 1.93 bits per heavy atom. The van der Waals surface area contributed by atoms with Crippen molar-refractivity contribution in [2.75, 3.05) is 23.3 Å². The summed E-state index contributed by atoms with van der Waals surface area (Å²) in [4.78, 5) is 20.6. The number of nitrogens with one attached hydrogen (secondary N) is 1. The summed E-state index contributed by atoms with van der Waals surface area (Å²) in [6.45, 7) is 10.5. The van der Waals surface area contributed by atoms with E-state index in [1.807, 2.05) is 12.4 Å². The molecule has 1 atom stereocenters. The predicted octanol–water partition coefficient (Wildman–Crippen LogP) is 3.48. The average Bonchev–Trinajstić information content (AvgIpc) is 2.67. The Kier molecular flexibility index (Phi) is 5.42. The van der Waals surface area contributed by atoms with Gasteiger partial charge in [0, 0.05) is 36.6 Å². The summed E-state index contributed by atoms with van der Waals surface area (Å²) < 4.78 is 0. The number of anilines is 2. The van der Waals surface area contributed by atoms with Crippen LogP contribution in [0.25, 0.3) is 0 Å². The van der Waals surface area contributed by atoms with Crippen molar-refractivity contribution >= 4 is 11.8 Å². The molecule has 0 saturated carbocycles. The molecule has 0 bridgehead atoms. The number of nitrogens with zero attached hydrogens (tertiary/aromatic N) is 5. The molecule has 0 unspecified atom stereocenters. The predicted molar refractivity (Wildman–Crippen MR) is 114 cm³/mol. The maximum Gasteiger partial charge on any atom is 0.225 e. The van der Waals surface area contributed by atoms with Gasteiger partial charge in [-0.2, -0.15) is 0 Å². The lowest BCUT2D eigenvalue weighted by Crippen LogP contribution is -2.38. The summed E-state index contributed by atoms with van der Waals surface area (Å²) in [6.07, 6.45) is 8.80. The molecule has 0 aromatic carbocycles. The lowest BCUT2D eigenvalue weighted by Gasteiger charge is -2.38. The zero-order valence-electron chi connectivity index (χ0n) is 17.9. The third-order valence-electron chi connectivity index (χ3n) is 6.09. The molecule has 2 N–H and O–H groups in total. The minimum atomic E-state index is -0.195. The first-order chi connectivity index (χ1) is 13.8. The van der Waals surface area contributed by atoms with E-state index in [2.05, 4.69) is 47.9 Å². The van der Waals surface area contributed by atoms with Crippen LogP contribution >= 0.6 is 0 Å². The van der Waals surface area contributed by atoms with Crippen LogP contribution in [0.5, 0.6) is 0 Å². The van der Waals surface area contributed by atoms with Crippen LogP contribution in [0.15, 0.2) is 18.7 Å². The molecule has 1 aliphatic heterocycles. The molecule has 2 aromatic heterocycles. The summed E-state index contributed by atoms with van der Waals surface area (Å²) in [6, 6.07) is 0.123. The van der Waals surface area contributed by atoms with Gasteiger partial charge in [0.15, 0.2) is 0 Å². The van der Waals surface area contributed by atoms with Gasteiger partial charge in [0.2, 0.25) is 5.95 Å². The Balaban J connectivity index is 1.63. The van der Waals surface area contributed by atoms with Crippen molar-refractivity contribution in [2.24, 2.45) is 5.41 Å². The van der Waals surface area contributed by atoms with E-state index in [9.17, 15) is 5.11 Å². The second kappa shape index (κ2) is 7.86. The summed E-state index contributed by atoms with van der Waals surface area (Å²) in [5.41, 5.74) is 3.55. The summed E-state index contributed by atoms with van der Waals surface area (Å²) in [5, 5.41) is 13.5. The van der Waals surface area contributed by atoms with Gasteiger partial charge in [-0.25, -0.2) is 19.9 Å². The van der Waals surface area contributed by atoms with E-state index in [4.69, 9.17) is 9.97 Å². The molecule has 7 heteroatoms. The fraction of sp³-hybridized carbons (Fsp3) is 0.636. The van der Waals surface area contributed by atoms with Gasteiger partial charge < -0.3 is 15.3 Å². The van der Waals surface area contributed by atoms with Crippen molar-refractivity contribution in [1.82, 2.24) is 19.9 Å². The Bertz CT molecular complexity index is 860. The van der Waals surface area contributed by atoms with Gasteiger partial charge in [0.05, 0.1) is 17.8 Å². The molecule has 2 aromatic rings. The SMILES string of the molecule is CC(C)c1cncnc1N[C@H]1CC(C)(C)Cc2nc(N3CCC(O)CC3)ncc21. The summed E-state index contributed by atoms with van der Waals surface area (Å²) in [5.74, 6) is 2.04. The molecule has 0 radical (unpaired) electrons. The maximum atomic E-state index is 9.78. The summed E-state index contributed by atoms with van der Waals surface area (Å²) >= 11 is 0. The first-order valence-corrected chi connectivity index (χ1v) is 10.7. The molecule has 4 rings (SSSR count). The Labute approximate surface area is 173 Å². The van der Waals surface area contributed by atoms with Gasteiger partial charge in [0.25, 0.3) is 0 Å². The first kappa shape index (κ1) is 20.0. The number of fused-ring (bicyclic) bond motifs is 1. The molecule has 2 aliphatic rings. The molecule has 1 fully saturated rings. The van der Waals surface area contributed by atoms with Crippen LogP contribution in [-0.4, -0.2) is 44.2 Å². The normalized spacial score (nSPS) is 21.9. The Morgan fingerprint density at radius 3 is 2.66 bits per heavy atom. The fourth-order valence-electron chi connectivity index (χ4n) is 4.43. The summed E-state index contributed by atoms with van der Waals surface area (Å²) in [7, 11) is 0. The van der Waals surface area contributed by atoms with Crippen molar-refractivity contribution in [2.45, 2.75) is 71.4 Å². The number of aliphatic hydroxyl groups is 1. The van der Waals surface area contributed by atoms with Crippen molar-refractivity contribution < 1.29 is 5.11 Å². The standard InChI is InChI=1S/C22H32N6O/c1-14(2)16-11-23-13-25-20(16)26-18-9-22(3,4)10-19-17(18)12-24-21(27-19)28-7-5-15(29)6-8-28/h11-15,18,29H,5-10H2,1-4H3,(H,23,25,26)/t18-/m0/s1. The number of piperidine rings is 1. The van der Waals surface area contributed by atoms with Gasteiger partial charge in [-0.1, -0.05) is 27.7 Å². The second-order valence-electron chi connectivity index (χ2n) is 9.51. The zero-order valence-corrected chi connectivity index (χ0v) is 17.9. The molecule has 29 heavy (non-hydrogen) atoms. The number of aromatic nitrogens is 4. The van der Waals surface area contributed by atoms with Crippen LogP contribution in [0.1, 0.15) is 75.7 Å². The number of hydrogen-bond acceptors (Lipinski definition) is 7. The van der Waals surface area contributed by atoms with E-state index in [1.54, 1.807) is 6.33 Å². The van der Waals surface area contributed by atoms with Crippen molar-refractivity contribution in [3.05, 3.63) is 35.5 Å². The number of hydrogen-bond donors (Lipinski definition) is 2. The van der Waals surface area contributed by atoms with Crippen molar-refractivity contribution in [3.63, 3.8) is 0 Å². The van der Waals surface area contributed by atoms with Crippen LogP contribution in [0, 0.1) is 5.41 Å². The topological polar surface area (TPSA) is 87.1 Å². The largest absolute Gasteiger partial charge is 0.393 e. The molecule has 0 amide bonds. The highest BCUT2D eigenvalue weighted by Gasteiger charge is 2.35.